The Labute approximate surface area is 145 Å². The van der Waals surface area contributed by atoms with Gasteiger partial charge in [0, 0.05) is 25.9 Å². The highest BCUT2D eigenvalue weighted by Crippen LogP contribution is 2.34. The fraction of sp³-hybridized carbons (Fsp3) is 0.667. The summed E-state index contributed by atoms with van der Waals surface area (Å²) in [5.74, 6) is -0.121. The number of rotatable bonds is 5. The van der Waals surface area contributed by atoms with Gasteiger partial charge in [0.1, 0.15) is 5.75 Å². The topological polar surface area (TPSA) is 39.7 Å². The highest BCUT2D eigenvalue weighted by atomic mass is 19.4. The molecular weight excluding hydrogens is 335 g/mol. The minimum atomic E-state index is -4.67. The lowest BCUT2D eigenvalue weighted by Gasteiger charge is -2.43. The van der Waals surface area contributed by atoms with E-state index in [9.17, 15) is 13.2 Å². The Morgan fingerprint density at radius 1 is 1.16 bits per heavy atom. The molecule has 0 bridgehead atoms. The van der Waals surface area contributed by atoms with Gasteiger partial charge in [-0.05, 0) is 50.3 Å². The first-order valence-electron chi connectivity index (χ1n) is 8.75. The SMILES string of the molecule is FC(F)(F)Oc1ccccc1CCN[C@@H]1CCOC2(CCOCC2)C1. The third kappa shape index (κ3) is 5.33. The molecule has 0 aromatic heterocycles. The highest BCUT2D eigenvalue weighted by Gasteiger charge is 2.38. The zero-order chi connectivity index (χ0) is 17.8. The van der Waals surface area contributed by atoms with Crippen LogP contribution in [0.3, 0.4) is 0 Å². The van der Waals surface area contributed by atoms with Gasteiger partial charge in [-0.15, -0.1) is 13.2 Å². The molecule has 3 rings (SSSR count). The Morgan fingerprint density at radius 2 is 1.92 bits per heavy atom. The second-order valence-electron chi connectivity index (χ2n) is 6.69. The monoisotopic (exact) mass is 359 g/mol. The third-order valence-corrected chi connectivity index (χ3v) is 4.92. The molecule has 1 N–H and O–H groups in total. The Bertz CT molecular complexity index is 553. The van der Waals surface area contributed by atoms with Gasteiger partial charge in [-0.25, -0.2) is 0 Å². The van der Waals surface area contributed by atoms with Crippen LogP contribution in [0.15, 0.2) is 24.3 Å². The molecule has 2 saturated heterocycles. The zero-order valence-corrected chi connectivity index (χ0v) is 14.1. The lowest BCUT2D eigenvalue weighted by Crippen LogP contribution is -2.50. The molecule has 1 atom stereocenters. The van der Waals surface area contributed by atoms with Crippen LogP contribution in [0, 0.1) is 0 Å². The van der Waals surface area contributed by atoms with Crippen LogP contribution in [0.2, 0.25) is 0 Å². The van der Waals surface area contributed by atoms with Crippen LogP contribution in [0.25, 0.3) is 0 Å². The van der Waals surface area contributed by atoms with Crippen LogP contribution >= 0.6 is 0 Å². The van der Waals surface area contributed by atoms with E-state index in [0.29, 0.717) is 31.2 Å². The molecule has 140 valence electrons. The molecule has 0 amide bonds. The lowest BCUT2D eigenvalue weighted by atomic mass is 9.84. The maximum atomic E-state index is 12.5. The van der Waals surface area contributed by atoms with E-state index in [-0.39, 0.29) is 11.4 Å². The van der Waals surface area contributed by atoms with Gasteiger partial charge < -0.3 is 19.5 Å². The van der Waals surface area contributed by atoms with Gasteiger partial charge in [-0.1, -0.05) is 18.2 Å². The summed E-state index contributed by atoms with van der Waals surface area (Å²) in [7, 11) is 0. The molecule has 2 heterocycles. The first kappa shape index (κ1) is 18.5. The first-order valence-corrected chi connectivity index (χ1v) is 8.75. The molecule has 2 aliphatic heterocycles. The molecule has 4 nitrogen and oxygen atoms in total. The van der Waals surface area contributed by atoms with Crippen LogP contribution in [0.5, 0.6) is 5.75 Å². The normalized spacial score (nSPS) is 23.6. The lowest BCUT2D eigenvalue weighted by molar-refractivity contribution is -0.274. The molecule has 0 saturated carbocycles. The zero-order valence-electron chi connectivity index (χ0n) is 14.1. The van der Waals surface area contributed by atoms with Crippen LogP contribution < -0.4 is 10.1 Å². The Balaban J connectivity index is 1.51. The average molecular weight is 359 g/mol. The third-order valence-electron chi connectivity index (χ3n) is 4.92. The van der Waals surface area contributed by atoms with Crippen molar-refractivity contribution in [2.75, 3.05) is 26.4 Å². The number of hydrogen-bond donors (Lipinski definition) is 1. The van der Waals surface area contributed by atoms with Crippen LogP contribution in [0.1, 0.15) is 31.2 Å². The summed E-state index contributed by atoms with van der Waals surface area (Å²) < 4.78 is 53.0. The van der Waals surface area contributed by atoms with E-state index in [4.69, 9.17) is 9.47 Å². The summed E-state index contributed by atoms with van der Waals surface area (Å²) in [6, 6.07) is 6.62. The van der Waals surface area contributed by atoms with Crippen LogP contribution in [0.4, 0.5) is 13.2 Å². The Morgan fingerprint density at radius 3 is 2.68 bits per heavy atom. The van der Waals surface area contributed by atoms with Crippen LogP contribution in [-0.2, 0) is 15.9 Å². The Hall–Kier alpha value is -1.31. The highest BCUT2D eigenvalue weighted by molar-refractivity contribution is 5.33. The van der Waals surface area contributed by atoms with Gasteiger partial charge in [0.05, 0.1) is 5.60 Å². The smallest absolute Gasteiger partial charge is 0.406 e. The summed E-state index contributed by atoms with van der Waals surface area (Å²) in [5, 5.41) is 3.47. The van der Waals surface area contributed by atoms with E-state index >= 15 is 0 Å². The van der Waals surface area contributed by atoms with Crippen molar-refractivity contribution in [3.05, 3.63) is 29.8 Å². The molecular formula is C18H24F3NO3. The maximum Gasteiger partial charge on any atom is 0.573 e. The van der Waals surface area contributed by atoms with E-state index in [1.807, 2.05) is 0 Å². The van der Waals surface area contributed by atoms with E-state index in [0.717, 1.165) is 38.9 Å². The number of halogens is 3. The van der Waals surface area contributed by atoms with Crippen molar-refractivity contribution in [1.82, 2.24) is 5.32 Å². The molecule has 7 heteroatoms. The molecule has 0 radical (unpaired) electrons. The predicted molar refractivity (Wildman–Crippen MR) is 86.6 cm³/mol. The molecule has 1 aromatic rings. The van der Waals surface area contributed by atoms with Gasteiger partial charge in [0.15, 0.2) is 0 Å². The molecule has 2 fully saturated rings. The molecule has 0 unspecified atom stereocenters. The van der Waals surface area contributed by atoms with Crippen molar-refractivity contribution < 1.29 is 27.4 Å². The van der Waals surface area contributed by atoms with Crippen molar-refractivity contribution in [2.45, 2.75) is 50.1 Å². The quantitative estimate of drug-likeness (QED) is 0.874. The molecule has 1 spiro atoms. The molecule has 2 aliphatic rings. The van der Waals surface area contributed by atoms with Crippen molar-refractivity contribution in [3.8, 4) is 5.75 Å². The number of nitrogens with one attached hydrogen (secondary N) is 1. The van der Waals surface area contributed by atoms with E-state index < -0.39 is 6.36 Å². The second-order valence-corrected chi connectivity index (χ2v) is 6.69. The molecule has 25 heavy (non-hydrogen) atoms. The summed E-state index contributed by atoms with van der Waals surface area (Å²) in [4.78, 5) is 0. The van der Waals surface area contributed by atoms with Gasteiger partial charge in [0.2, 0.25) is 0 Å². The van der Waals surface area contributed by atoms with Crippen LogP contribution in [-0.4, -0.2) is 44.4 Å². The number of benzene rings is 1. The minimum absolute atomic E-state index is 0.0918. The van der Waals surface area contributed by atoms with Crippen molar-refractivity contribution in [2.24, 2.45) is 0 Å². The summed E-state index contributed by atoms with van der Waals surface area (Å²) in [6.07, 6.45) is -0.513. The number of hydrogen-bond acceptors (Lipinski definition) is 4. The van der Waals surface area contributed by atoms with Crippen molar-refractivity contribution in [3.63, 3.8) is 0 Å². The summed E-state index contributed by atoms with van der Waals surface area (Å²) in [6.45, 7) is 2.78. The average Bonchev–Trinajstić information content (AvgIpc) is 2.56. The van der Waals surface area contributed by atoms with Gasteiger partial charge in [0.25, 0.3) is 0 Å². The fourth-order valence-corrected chi connectivity index (χ4v) is 3.64. The maximum absolute atomic E-state index is 12.5. The van der Waals surface area contributed by atoms with Gasteiger partial charge in [-0.3, -0.25) is 0 Å². The summed E-state index contributed by atoms with van der Waals surface area (Å²) >= 11 is 0. The standard InChI is InChI=1S/C18H24F3NO3/c19-18(20,21)25-16-4-2-1-3-14(16)5-9-22-15-6-10-24-17(13-15)7-11-23-12-8-17/h1-4,15,22H,5-13H2/t15-/m1/s1. The predicted octanol–water partition coefficient (Wildman–Crippen LogP) is 3.45. The summed E-state index contributed by atoms with van der Waals surface area (Å²) in [5.41, 5.74) is 0.464. The number of alkyl halides is 3. The van der Waals surface area contributed by atoms with E-state index in [2.05, 4.69) is 10.1 Å². The molecule has 0 aliphatic carbocycles. The van der Waals surface area contributed by atoms with E-state index in [1.165, 1.54) is 6.07 Å². The fourth-order valence-electron chi connectivity index (χ4n) is 3.64. The second kappa shape index (κ2) is 7.93. The van der Waals surface area contributed by atoms with Gasteiger partial charge >= 0.3 is 6.36 Å². The Kier molecular flexibility index (Phi) is 5.86. The first-order chi connectivity index (χ1) is 12.0. The number of para-hydroxylation sites is 1. The van der Waals surface area contributed by atoms with Gasteiger partial charge in [-0.2, -0.15) is 0 Å². The largest absolute Gasteiger partial charge is 0.573 e. The van der Waals surface area contributed by atoms with Crippen molar-refractivity contribution in [1.29, 1.82) is 0 Å². The number of ether oxygens (including phenoxy) is 3. The van der Waals surface area contributed by atoms with Crippen molar-refractivity contribution >= 4 is 0 Å². The van der Waals surface area contributed by atoms with E-state index in [1.54, 1.807) is 18.2 Å². The molecule has 1 aromatic carbocycles. The minimum Gasteiger partial charge on any atom is -0.406 e.